The molecule has 3 nitrogen and oxygen atoms in total. The van der Waals surface area contributed by atoms with Crippen LogP contribution in [-0.4, -0.2) is 26.1 Å². The number of pyridine rings is 2. The van der Waals surface area contributed by atoms with Gasteiger partial charge >= 0.3 is 0 Å². The highest BCUT2D eigenvalue weighted by Gasteiger charge is 2.16. The van der Waals surface area contributed by atoms with Crippen LogP contribution in [0.15, 0.2) is 73.1 Å². The molecule has 0 unspecified atom stereocenters. The van der Waals surface area contributed by atoms with Crippen LogP contribution in [0, 0.1) is 0 Å². The first kappa shape index (κ1) is 50.6. The fourth-order valence-corrected chi connectivity index (χ4v) is 11.2. The zero-order chi connectivity index (χ0) is 43.8. The number of rotatable bonds is 32. The lowest BCUT2D eigenvalue weighted by Gasteiger charge is -2.18. The molecule has 4 rings (SSSR count). The molecule has 2 aromatic heterocycles. The van der Waals surface area contributed by atoms with Crippen LogP contribution in [0.2, 0.25) is 51.4 Å². The summed E-state index contributed by atoms with van der Waals surface area (Å²) in [6.45, 7) is 19.6. The van der Waals surface area contributed by atoms with Gasteiger partial charge in [0.1, 0.15) is 11.5 Å². The summed E-state index contributed by atoms with van der Waals surface area (Å²) >= 11 is 0. The first-order valence-electron chi connectivity index (χ1n) is 25.3. The topological polar surface area (TPSA) is 35.0 Å². The van der Waals surface area contributed by atoms with Crippen LogP contribution in [0.4, 0.5) is 0 Å². The Labute approximate surface area is 377 Å². The Bertz CT molecular complexity index is 1640. The van der Waals surface area contributed by atoms with Crippen molar-refractivity contribution in [3.63, 3.8) is 0 Å². The van der Waals surface area contributed by atoms with E-state index < -0.39 is 16.1 Å². The van der Waals surface area contributed by atoms with Gasteiger partial charge < -0.3 is 4.74 Å². The lowest BCUT2D eigenvalue weighted by atomic mass is 9.99. The minimum Gasteiger partial charge on any atom is -0.457 e. The van der Waals surface area contributed by atoms with E-state index >= 15 is 0 Å². The molecule has 2 aromatic carbocycles. The Hall–Kier alpha value is -3.03. The van der Waals surface area contributed by atoms with Gasteiger partial charge in [0.25, 0.3) is 0 Å². The number of unbranched alkanes of at least 4 members (excludes halogenated alkanes) is 16. The zero-order valence-electron chi connectivity index (χ0n) is 40.6. The normalized spacial score (nSPS) is 12.0. The molecular weight excluding hydrogens is 773 g/mol. The average molecular weight is 862 g/mol. The van der Waals surface area contributed by atoms with Crippen molar-refractivity contribution >= 4 is 16.1 Å². The van der Waals surface area contributed by atoms with E-state index in [4.69, 9.17) is 14.7 Å². The fraction of sp³-hybridized carbons (Fsp3) is 0.607. The van der Waals surface area contributed by atoms with Crippen LogP contribution < -0.4 is 4.74 Å². The van der Waals surface area contributed by atoms with Crippen molar-refractivity contribution < 1.29 is 4.74 Å². The molecule has 0 N–H and O–H groups in total. The van der Waals surface area contributed by atoms with Gasteiger partial charge in [-0.1, -0.05) is 180 Å². The van der Waals surface area contributed by atoms with E-state index in [2.05, 4.69) is 126 Å². The third-order valence-corrected chi connectivity index (χ3v) is 16.2. The Morgan fingerprint density at radius 1 is 0.393 bits per heavy atom. The molecule has 61 heavy (non-hydrogen) atoms. The summed E-state index contributed by atoms with van der Waals surface area (Å²) in [7, 11) is -1.99. The van der Waals surface area contributed by atoms with Gasteiger partial charge in [0, 0.05) is 39.7 Å². The van der Waals surface area contributed by atoms with Gasteiger partial charge in [-0.2, -0.15) is 0 Å². The van der Waals surface area contributed by atoms with Crippen molar-refractivity contribution in [2.75, 3.05) is 0 Å². The summed E-state index contributed by atoms with van der Waals surface area (Å²) in [5.74, 6) is 1.98. The van der Waals surface area contributed by atoms with Gasteiger partial charge in [-0.05, 0) is 122 Å². The molecular formula is C56H88N2OSi2. The molecule has 0 fully saturated rings. The summed E-state index contributed by atoms with van der Waals surface area (Å²) in [6, 6.07) is 25.6. The Morgan fingerprint density at radius 3 is 1.11 bits per heavy atom. The van der Waals surface area contributed by atoms with Crippen molar-refractivity contribution in [2.45, 2.75) is 219 Å². The molecule has 0 radical (unpaired) electrons. The monoisotopic (exact) mass is 861 g/mol. The molecule has 5 heteroatoms. The van der Waals surface area contributed by atoms with E-state index in [1.165, 1.54) is 174 Å². The van der Waals surface area contributed by atoms with E-state index in [1.807, 2.05) is 0 Å². The highest BCUT2D eigenvalue weighted by Crippen LogP contribution is 2.35. The summed E-state index contributed by atoms with van der Waals surface area (Å²) in [4.78, 5) is 9.98. The van der Waals surface area contributed by atoms with E-state index in [1.54, 1.807) is 0 Å². The second-order valence-corrected chi connectivity index (χ2v) is 32.1. The van der Waals surface area contributed by atoms with Gasteiger partial charge in [-0.15, -0.1) is 0 Å². The van der Waals surface area contributed by atoms with Crippen LogP contribution >= 0.6 is 0 Å². The summed E-state index contributed by atoms with van der Waals surface area (Å²) in [5, 5.41) is 0. The number of hydrogen-bond donors (Lipinski definition) is 0. The fourth-order valence-electron chi connectivity index (χ4n) is 8.54. The molecule has 0 aliphatic carbocycles. The van der Waals surface area contributed by atoms with E-state index in [9.17, 15) is 0 Å². The molecule has 0 bridgehead atoms. The molecule has 4 aromatic rings. The molecule has 0 spiro atoms. The predicted molar refractivity (Wildman–Crippen MR) is 274 cm³/mol. The van der Waals surface area contributed by atoms with Gasteiger partial charge in [0.05, 0.1) is 11.4 Å². The number of nitrogens with zero attached hydrogens (tertiary/aromatic N) is 2. The van der Waals surface area contributed by atoms with Crippen LogP contribution in [0.3, 0.4) is 0 Å². The second-order valence-electron chi connectivity index (χ2n) is 20.8. The van der Waals surface area contributed by atoms with Crippen LogP contribution in [-0.2, 0) is 25.7 Å². The van der Waals surface area contributed by atoms with Crippen LogP contribution in [0.5, 0.6) is 11.5 Å². The van der Waals surface area contributed by atoms with Gasteiger partial charge in [-0.25, -0.2) is 0 Å². The van der Waals surface area contributed by atoms with Crippen molar-refractivity contribution in [3.05, 3.63) is 95.3 Å². The quantitative estimate of drug-likeness (QED) is 0.0362. The number of aromatic nitrogens is 2. The summed E-state index contributed by atoms with van der Waals surface area (Å²) in [6.07, 6.45) is 34.7. The minimum atomic E-state index is -0.996. The highest BCUT2D eigenvalue weighted by atomic mass is 28.3. The first-order valence-corrected chi connectivity index (χ1v) is 32.7. The minimum absolute atomic E-state index is 0.992. The van der Waals surface area contributed by atoms with E-state index in [0.29, 0.717) is 0 Å². The zero-order valence-corrected chi connectivity index (χ0v) is 42.6. The predicted octanol–water partition coefficient (Wildman–Crippen LogP) is 18.3. The maximum Gasteiger partial charge on any atom is 0.130 e. The Balaban J connectivity index is 1.52. The van der Waals surface area contributed by atoms with E-state index in [-0.39, 0.29) is 0 Å². The number of aryl methyl sites for hydroxylation is 4. The Kier molecular flexibility index (Phi) is 23.2. The van der Waals surface area contributed by atoms with E-state index in [0.717, 1.165) is 48.6 Å². The molecule has 0 aliphatic heterocycles. The maximum atomic E-state index is 7.04. The van der Waals surface area contributed by atoms with Crippen LogP contribution in [0.1, 0.15) is 165 Å². The van der Waals surface area contributed by atoms with Gasteiger partial charge in [0.2, 0.25) is 0 Å². The van der Waals surface area contributed by atoms with Crippen molar-refractivity contribution in [1.82, 2.24) is 9.97 Å². The highest BCUT2D eigenvalue weighted by molar-refractivity contribution is 6.76. The molecule has 0 amide bonds. The smallest absolute Gasteiger partial charge is 0.130 e. The number of hydrogen-bond acceptors (Lipinski definition) is 3. The lowest BCUT2D eigenvalue weighted by molar-refractivity contribution is 0.466. The number of benzene rings is 2. The molecule has 336 valence electrons. The van der Waals surface area contributed by atoms with Crippen molar-refractivity contribution in [2.24, 2.45) is 0 Å². The Morgan fingerprint density at radius 2 is 0.754 bits per heavy atom. The maximum absolute atomic E-state index is 7.04. The number of ether oxygens (including phenoxy) is 1. The average Bonchev–Trinajstić information content (AvgIpc) is 3.23. The summed E-state index contributed by atoms with van der Waals surface area (Å²) < 4.78 is 7.04. The lowest BCUT2D eigenvalue weighted by Crippen LogP contribution is -2.18. The largest absolute Gasteiger partial charge is 0.457 e. The molecule has 0 atom stereocenters. The molecule has 0 saturated carbocycles. The van der Waals surface area contributed by atoms with Crippen LogP contribution in [0.25, 0.3) is 22.5 Å². The SMILES string of the molecule is CCCCCCCCc1ccc(-c2ccc(Oc3ccc(-c4ccc(CCCCCCCC)cn4)cc3CCCCCC[Si](C)(C)C)c(CCCCCC[Si](C)(C)C)c2)nc1. The molecule has 2 heterocycles. The van der Waals surface area contributed by atoms with Gasteiger partial charge in [0.15, 0.2) is 0 Å². The second kappa shape index (κ2) is 27.9. The van der Waals surface area contributed by atoms with Crippen molar-refractivity contribution in [3.8, 4) is 34.0 Å². The van der Waals surface area contributed by atoms with Crippen molar-refractivity contribution in [1.29, 1.82) is 0 Å². The first-order chi connectivity index (χ1) is 29.4. The third-order valence-electron chi connectivity index (χ3n) is 12.5. The standard InChI is InChI=1S/C56H88N2OSi2/c1-9-11-13-15-17-23-29-47-33-37-53(57-45-47)49-35-39-55(51(43-49)31-25-19-21-27-41-60(3,4)5)59-56-40-36-50(44-52(56)32-26-20-22-28-42-61(6,7)8)54-38-34-48(46-58-54)30-24-18-16-14-12-10-2/h33-40,43-46H,9-32,41-42H2,1-8H3. The third kappa shape index (κ3) is 20.8. The van der Waals surface area contributed by atoms with Gasteiger partial charge in [-0.3, -0.25) is 9.97 Å². The molecule has 0 saturated heterocycles. The molecule has 0 aliphatic rings. The summed E-state index contributed by atoms with van der Waals surface area (Å²) in [5.41, 5.74) is 9.78.